The van der Waals surface area contributed by atoms with Gasteiger partial charge in [0.1, 0.15) is 0 Å². The van der Waals surface area contributed by atoms with Crippen LogP contribution in [0.2, 0.25) is 0 Å². The number of amides is 1. The van der Waals surface area contributed by atoms with Gasteiger partial charge >= 0.3 is 0 Å². The van der Waals surface area contributed by atoms with E-state index in [1.165, 1.54) is 6.39 Å². The first-order valence-electron chi connectivity index (χ1n) is 10.5. The van der Waals surface area contributed by atoms with Crippen LogP contribution in [0.1, 0.15) is 35.3 Å². The maximum atomic E-state index is 12.6. The molecule has 0 unspecified atom stereocenters. The molecular formula is C25H26N4O2. The van der Waals surface area contributed by atoms with Crippen molar-refractivity contribution >= 4 is 5.91 Å². The highest BCUT2D eigenvalue weighted by molar-refractivity contribution is 5.94. The maximum Gasteiger partial charge on any atom is 0.253 e. The quantitative estimate of drug-likeness (QED) is 0.381. The Balaban J connectivity index is 1.19. The summed E-state index contributed by atoms with van der Waals surface area (Å²) in [5, 5.41) is 7.54. The standard InChI is InChI=1S/C25H26N4O2/c1-29(25(30)21-13-11-20(12-14-21)24-17-26-18-31-24)15-7-3-6-10-22-16-23(28-27-22)19-8-4-2-5-9-19/h2,4-5,8-9,11-14,16-18H,3,6-7,10,15H2,1H3,(H,27,28). The van der Waals surface area contributed by atoms with Crippen molar-refractivity contribution in [1.29, 1.82) is 0 Å². The van der Waals surface area contributed by atoms with Gasteiger partial charge < -0.3 is 9.32 Å². The number of nitrogens with zero attached hydrogens (tertiary/aromatic N) is 3. The van der Waals surface area contributed by atoms with Gasteiger partial charge in [0.15, 0.2) is 12.2 Å². The number of aromatic nitrogens is 3. The molecule has 0 radical (unpaired) electrons. The van der Waals surface area contributed by atoms with E-state index in [9.17, 15) is 4.79 Å². The molecule has 158 valence electrons. The SMILES string of the molecule is CN(CCCCCc1cc(-c2ccccc2)n[nH]1)C(=O)c1ccc(-c2cnco2)cc1. The van der Waals surface area contributed by atoms with Crippen LogP contribution in [0.15, 0.2) is 77.7 Å². The molecule has 0 saturated heterocycles. The second kappa shape index (κ2) is 9.89. The Morgan fingerprint density at radius 2 is 1.81 bits per heavy atom. The first-order chi connectivity index (χ1) is 15.2. The molecule has 2 heterocycles. The number of oxazole rings is 1. The van der Waals surface area contributed by atoms with E-state index in [4.69, 9.17) is 4.42 Å². The number of benzene rings is 2. The predicted octanol–water partition coefficient (Wildman–Crippen LogP) is 5.22. The Morgan fingerprint density at radius 3 is 2.55 bits per heavy atom. The number of H-pyrrole nitrogens is 1. The lowest BCUT2D eigenvalue weighted by molar-refractivity contribution is 0.0792. The van der Waals surface area contributed by atoms with E-state index in [1.54, 1.807) is 11.1 Å². The summed E-state index contributed by atoms with van der Waals surface area (Å²) in [5.74, 6) is 0.728. The van der Waals surface area contributed by atoms with Crippen molar-refractivity contribution in [2.75, 3.05) is 13.6 Å². The van der Waals surface area contributed by atoms with Crippen LogP contribution in [0.3, 0.4) is 0 Å². The highest BCUT2D eigenvalue weighted by Crippen LogP contribution is 2.20. The van der Waals surface area contributed by atoms with Crippen LogP contribution in [0.5, 0.6) is 0 Å². The van der Waals surface area contributed by atoms with Gasteiger partial charge in [-0.25, -0.2) is 4.98 Å². The first kappa shape index (κ1) is 20.6. The van der Waals surface area contributed by atoms with E-state index in [0.717, 1.165) is 54.7 Å². The molecule has 6 heteroatoms. The highest BCUT2D eigenvalue weighted by atomic mass is 16.3. The van der Waals surface area contributed by atoms with Crippen LogP contribution >= 0.6 is 0 Å². The zero-order valence-corrected chi connectivity index (χ0v) is 17.6. The Kier molecular flexibility index (Phi) is 6.57. The first-order valence-corrected chi connectivity index (χ1v) is 10.5. The van der Waals surface area contributed by atoms with Crippen molar-refractivity contribution < 1.29 is 9.21 Å². The number of unbranched alkanes of at least 4 members (excludes halogenated alkanes) is 2. The molecule has 6 nitrogen and oxygen atoms in total. The number of aryl methyl sites for hydroxylation is 1. The van der Waals surface area contributed by atoms with E-state index in [0.29, 0.717) is 11.3 Å². The minimum absolute atomic E-state index is 0.0326. The molecule has 4 rings (SSSR count). The molecule has 4 aromatic rings. The summed E-state index contributed by atoms with van der Waals surface area (Å²) in [6.45, 7) is 0.737. The van der Waals surface area contributed by atoms with Crippen LogP contribution in [-0.4, -0.2) is 39.6 Å². The van der Waals surface area contributed by atoms with Crippen LogP contribution in [-0.2, 0) is 6.42 Å². The second-order valence-electron chi connectivity index (χ2n) is 7.62. The third kappa shape index (κ3) is 5.28. The van der Waals surface area contributed by atoms with Gasteiger partial charge in [-0.15, -0.1) is 0 Å². The molecule has 0 aliphatic heterocycles. The third-order valence-corrected chi connectivity index (χ3v) is 5.34. The summed E-state index contributed by atoms with van der Waals surface area (Å²) in [7, 11) is 1.85. The van der Waals surface area contributed by atoms with Crippen molar-refractivity contribution in [3.05, 3.63) is 84.5 Å². The molecule has 2 aromatic carbocycles. The van der Waals surface area contributed by atoms with Gasteiger partial charge in [-0.3, -0.25) is 9.89 Å². The minimum Gasteiger partial charge on any atom is -0.444 e. The number of carbonyl (C=O) groups excluding carboxylic acids is 1. The minimum atomic E-state index is 0.0326. The molecule has 1 amide bonds. The Hall–Kier alpha value is -3.67. The van der Waals surface area contributed by atoms with Crippen molar-refractivity contribution in [3.8, 4) is 22.6 Å². The Morgan fingerprint density at radius 1 is 1.00 bits per heavy atom. The number of rotatable bonds is 9. The number of carbonyl (C=O) groups is 1. The third-order valence-electron chi connectivity index (χ3n) is 5.34. The topological polar surface area (TPSA) is 75.0 Å². The van der Waals surface area contributed by atoms with Crippen LogP contribution in [0, 0.1) is 0 Å². The lowest BCUT2D eigenvalue weighted by Crippen LogP contribution is -2.27. The molecule has 0 aliphatic rings. The summed E-state index contributed by atoms with van der Waals surface area (Å²) in [5.41, 5.74) is 4.84. The van der Waals surface area contributed by atoms with Gasteiger partial charge in [0.05, 0.1) is 11.9 Å². The molecule has 2 aromatic heterocycles. The monoisotopic (exact) mass is 414 g/mol. The molecule has 0 aliphatic carbocycles. The molecule has 31 heavy (non-hydrogen) atoms. The van der Waals surface area contributed by atoms with Crippen molar-refractivity contribution in [3.63, 3.8) is 0 Å². The van der Waals surface area contributed by atoms with Crippen LogP contribution in [0.4, 0.5) is 0 Å². The fourth-order valence-electron chi connectivity index (χ4n) is 3.55. The van der Waals surface area contributed by atoms with E-state index < -0.39 is 0 Å². The Labute approximate surface area is 181 Å². The lowest BCUT2D eigenvalue weighted by Gasteiger charge is -2.17. The molecule has 0 atom stereocenters. The van der Waals surface area contributed by atoms with Gasteiger partial charge in [-0.1, -0.05) is 48.9 Å². The number of hydrogen-bond donors (Lipinski definition) is 1. The summed E-state index contributed by atoms with van der Waals surface area (Å²) in [4.78, 5) is 18.3. The van der Waals surface area contributed by atoms with Crippen molar-refractivity contribution in [2.45, 2.75) is 25.7 Å². The van der Waals surface area contributed by atoms with Gasteiger partial charge in [0.25, 0.3) is 5.91 Å². The summed E-state index contributed by atoms with van der Waals surface area (Å²) in [6, 6.07) is 19.7. The van der Waals surface area contributed by atoms with Crippen LogP contribution < -0.4 is 0 Å². The van der Waals surface area contributed by atoms with E-state index in [1.807, 2.05) is 49.5 Å². The average molecular weight is 415 g/mol. The fraction of sp³-hybridized carbons (Fsp3) is 0.240. The molecule has 0 fully saturated rings. The zero-order chi connectivity index (χ0) is 21.5. The zero-order valence-electron chi connectivity index (χ0n) is 17.6. The smallest absolute Gasteiger partial charge is 0.253 e. The molecule has 0 bridgehead atoms. The molecule has 0 saturated carbocycles. The largest absolute Gasteiger partial charge is 0.444 e. The van der Waals surface area contributed by atoms with E-state index in [-0.39, 0.29) is 5.91 Å². The van der Waals surface area contributed by atoms with E-state index >= 15 is 0 Å². The van der Waals surface area contributed by atoms with E-state index in [2.05, 4.69) is 33.4 Å². The fourth-order valence-corrected chi connectivity index (χ4v) is 3.55. The Bertz CT molecular complexity index is 1090. The molecule has 0 spiro atoms. The summed E-state index contributed by atoms with van der Waals surface area (Å²) >= 11 is 0. The normalized spacial score (nSPS) is 10.9. The van der Waals surface area contributed by atoms with Gasteiger partial charge in [0.2, 0.25) is 0 Å². The predicted molar refractivity (Wildman–Crippen MR) is 120 cm³/mol. The van der Waals surface area contributed by atoms with Crippen molar-refractivity contribution in [2.24, 2.45) is 0 Å². The molecule has 1 N–H and O–H groups in total. The summed E-state index contributed by atoms with van der Waals surface area (Å²) < 4.78 is 5.29. The van der Waals surface area contributed by atoms with Crippen molar-refractivity contribution in [1.82, 2.24) is 20.1 Å². The summed E-state index contributed by atoms with van der Waals surface area (Å²) in [6.07, 6.45) is 7.11. The lowest BCUT2D eigenvalue weighted by atomic mass is 10.1. The molecular weight excluding hydrogens is 388 g/mol. The average Bonchev–Trinajstić information content (AvgIpc) is 3.52. The van der Waals surface area contributed by atoms with Gasteiger partial charge in [-0.2, -0.15) is 5.10 Å². The van der Waals surface area contributed by atoms with Gasteiger partial charge in [0, 0.05) is 36.0 Å². The number of nitrogens with one attached hydrogen (secondary N) is 1. The second-order valence-corrected chi connectivity index (χ2v) is 7.62. The highest BCUT2D eigenvalue weighted by Gasteiger charge is 2.12. The number of hydrogen-bond acceptors (Lipinski definition) is 4. The number of aromatic amines is 1. The van der Waals surface area contributed by atoms with Crippen LogP contribution in [0.25, 0.3) is 22.6 Å². The van der Waals surface area contributed by atoms with Gasteiger partial charge in [-0.05, 0) is 37.5 Å². The maximum absolute atomic E-state index is 12.6.